The zero-order valence-corrected chi connectivity index (χ0v) is 22.2. The van der Waals surface area contributed by atoms with Gasteiger partial charge >= 0.3 is 6.03 Å². The van der Waals surface area contributed by atoms with Gasteiger partial charge in [-0.05, 0) is 66.5 Å². The van der Waals surface area contributed by atoms with E-state index < -0.39 is 0 Å². The number of amides is 3. The SMILES string of the molecule is CCCNC(=O)N(CC(=O)N1CCc2sccc2[C@H]1COc1ccc(Cl)c(C)c1)C[C@H](C)CC. The van der Waals surface area contributed by atoms with Crippen LogP contribution >= 0.6 is 22.9 Å². The number of nitrogens with one attached hydrogen (secondary N) is 1. The van der Waals surface area contributed by atoms with Crippen LogP contribution in [0.25, 0.3) is 0 Å². The molecule has 6 nitrogen and oxygen atoms in total. The van der Waals surface area contributed by atoms with Crippen LogP contribution in [0.3, 0.4) is 0 Å². The summed E-state index contributed by atoms with van der Waals surface area (Å²) in [6.45, 7) is 10.4. The van der Waals surface area contributed by atoms with E-state index in [1.165, 1.54) is 4.88 Å². The zero-order chi connectivity index (χ0) is 24.7. The maximum atomic E-state index is 13.5. The lowest BCUT2D eigenvalue weighted by atomic mass is 10.00. The fourth-order valence-corrected chi connectivity index (χ4v) is 5.12. The molecular weight excluding hydrogens is 470 g/mol. The Morgan fingerprint density at radius 2 is 2.12 bits per heavy atom. The minimum atomic E-state index is -0.192. The van der Waals surface area contributed by atoms with Gasteiger partial charge in [0.1, 0.15) is 18.9 Å². The van der Waals surface area contributed by atoms with Gasteiger partial charge in [-0.1, -0.05) is 38.8 Å². The molecule has 3 rings (SSSR count). The number of hydrogen-bond donors (Lipinski definition) is 1. The van der Waals surface area contributed by atoms with Gasteiger partial charge in [-0.25, -0.2) is 4.79 Å². The van der Waals surface area contributed by atoms with Gasteiger partial charge in [-0.3, -0.25) is 4.79 Å². The molecule has 0 radical (unpaired) electrons. The molecule has 1 aliphatic heterocycles. The molecule has 1 aliphatic rings. The molecule has 0 saturated heterocycles. The van der Waals surface area contributed by atoms with Crippen LogP contribution in [-0.4, -0.2) is 54.5 Å². The van der Waals surface area contributed by atoms with Gasteiger partial charge in [0.2, 0.25) is 5.91 Å². The Hall–Kier alpha value is -2.25. The van der Waals surface area contributed by atoms with Crippen molar-refractivity contribution in [3.05, 3.63) is 50.7 Å². The zero-order valence-electron chi connectivity index (χ0n) is 20.6. The molecule has 2 aromatic rings. The number of rotatable bonds is 10. The number of nitrogens with zero attached hydrogens (tertiary/aromatic N) is 2. The number of carbonyl (C=O) groups excluding carboxylic acids is 2. The Bertz CT molecular complexity index is 980. The summed E-state index contributed by atoms with van der Waals surface area (Å²) in [5, 5.41) is 5.71. The number of halogens is 1. The Morgan fingerprint density at radius 1 is 1.32 bits per heavy atom. The van der Waals surface area contributed by atoms with E-state index in [0.29, 0.717) is 37.2 Å². The molecular formula is C26H36ClN3O3S. The quantitative estimate of drug-likeness (QED) is 0.451. The minimum Gasteiger partial charge on any atom is -0.491 e. The lowest BCUT2D eigenvalue weighted by Crippen LogP contribution is -2.50. The largest absolute Gasteiger partial charge is 0.491 e. The molecule has 8 heteroatoms. The second kappa shape index (κ2) is 12.5. The van der Waals surface area contributed by atoms with Gasteiger partial charge in [0.25, 0.3) is 0 Å². The number of hydrogen-bond acceptors (Lipinski definition) is 4. The van der Waals surface area contributed by atoms with E-state index >= 15 is 0 Å². The van der Waals surface area contributed by atoms with Crippen LogP contribution in [0, 0.1) is 12.8 Å². The van der Waals surface area contributed by atoms with Gasteiger partial charge in [0, 0.05) is 29.5 Å². The van der Waals surface area contributed by atoms with Crippen LogP contribution in [0.15, 0.2) is 29.6 Å². The van der Waals surface area contributed by atoms with Crippen molar-refractivity contribution in [2.75, 3.05) is 32.8 Å². The summed E-state index contributed by atoms with van der Waals surface area (Å²) in [6, 6.07) is 7.32. The minimum absolute atomic E-state index is 0.0484. The predicted molar refractivity (Wildman–Crippen MR) is 139 cm³/mol. The van der Waals surface area contributed by atoms with Crippen molar-refractivity contribution in [1.82, 2.24) is 15.1 Å². The molecule has 1 aromatic heterocycles. The second-order valence-electron chi connectivity index (χ2n) is 9.00. The highest BCUT2D eigenvalue weighted by Gasteiger charge is 2.33. The Kier molecular flexibility index (Phi) is 9.65. The number of urea groups is 1. The maximum absolute atomic E-state index is 13.5. The van der Waals surface area contributed by atoms with Gasteiger partial charge in [0.15, 0.2) is 0 Å². The smallest absolute Gasteiger partial charge is 0.317 e. The Labute approximate surface area is 212 Å². The van der Waals surface area contributed by atoms with Crippen molar-refractivity contribution in [2.45, 2.75) is 53.0 Å². The molecule has 1 aromatic carbocycles. The van der Waals surface area contributed by atoms with Gasteiger partial charge in [-0.15, -0.1) is 11.3 Å². The van der Waals surface area contributed by atoms with Crippen LogP contribution in [0.1, 0.15) is 55.7 Å². The highest BCUT2D eigenvalue weighted by Crippen LogP contribution is 2.34. The fraction of sp³-hybridized carbons (Fsp3) is 0.538. The van der Waals surface area contributed by atoms with Crippen LogP contribution in [0.2, 0.25) is 5.02 Å². The molecule has 34 heavy (non-hydrogen) atoms. The summed E-state index contributed by atoms with van der Waals surface area (Å²) in [5.74, 6) is 0.999. The summed E-state index contributed by atoms with van der Waals surface area (Å²) < 4.78 is 6.13. The molecule has 3 amide bonds. The van der Waals surface area contributed by atoms with Crippen molar-refractivity contribution in [3.63, 3.8) is 0 Å². The first-order valence-corrected chi connectivity index (χ1v) is 13.4. The number of fused-ring (bicyclic) bond motifs is 1. The molecule has 0 bridgehead atoms. The van der Waals surface area contributed by atoms with Gasteiger partial charge in [0.05, 0.1) is 6.04 Å². The Morgan fingerprint density at radius 3 is 2.82 bits per heavy atom. The van der Waals surface area contributed by atoms with Crippen LogP contribution in [0.5, 0.6) is 5.75 Å². The first kappa shape index (κ1) is 26.4. The average molecular weight is 506 g/mol. The summed E-state index contributed by atoms with van der Waals surface area (Å²) in [6.07, 6.45) is 2.63. The van der Waals surface area contributed by atoms with Gasteiger partial charge < -0.3 is 19.9 Å². The summed E-state index contributed by atoms with van der Waals surface area (Å²) in [5.41, 5.74) is 2.09. The first-order valence-electron chi connectivity index (χ1n) is 12.1. The monoisotopic (exact) mass is 505 g/mol. The molecule has 1 N–H and O–H groups in total. The summed E-state index contributed by atoms with van der Waals surface area (Å²) in [7, 11) is 0. The number of thiophene rings is 1. The molecule has 0 fully saturated rings. The maximum Gasteiger partial charge on any atom is 0.317 e. The summed E-state index contributed by atoms with van der Waals surface area (Å²) >= 11 is 7.88. The molecule has 0 spiro atoms. The third kappa shape index (κ3) is 6.66. The van der Waals surface area contributed by atoms with E-state index in [0.717, 1.165) is 36.1 Å². The highest BCUT2D eigenvalue weighted by atomic mass is 35.5. The molecule has 0 unspecified atom stereocenters. The topological polar surface area (TPSA) is 61.9 Å². The lowest BCUT2D eigenvalue weighted by molar-refractivity contribution is -0.135. The van der Waals surface area contributed by atoms with E-state index in [2.05, 4.69) is 30.6 Å². The van der Waals surface area contributed by atoms with Crippen LogP contribution in [-0.2, 0) is 11.2 Å². The van der Waals surface area contributed by atoms with E-state index in [4.69, 9.17) is 16.3 Å². The second-order valence-corrected chi connectivity index (χ2v) is 10.4. The number of carbonyl (C=O) groups is 2. The van der Waals surface area contributed by atoms with Crippen molar-refractivity contribution in [3.8, 4) is 5.75 Å². The van der Waals surface area contributed by atoms with Gasteiger partial charge in [-0.2, -0.15) is 0 Å². The number of ether oxygens (including phenoxy) is 1. The first-order chi connectivity index (χ1) is 16.3. The van der Waals surface area contributed by atoms with Crippen LogP contribution in [0.4, 0.5) is 4.79 Å². The number of aryl methyl sites for hydroxylation is 1. The molecule has 0 aliphatic carbocycles. The van der Waals surface area contributed by atoms with E-state index in [-0.39, 0.29) is 24.5 Å². The van der Waals surface area contributed by atoms with Crippen molar-refractivity contribution in [1.29, 1.82) is 0 Å². The average Bonchev–Trinajstić information content (AvgIpc) is 3.31. The molecule has 2 heterocycles. The van der Waals surface area contributed by atoms with Crippen LogP contribution < -0.4 is 10.1 Å². The third-order valence-electron chi connectivity index (χ3n) is 6.32. The molecule has 186 valence electrons. The third-order valence-corrected chi connectivity index (χ3v) is 7.74. The Balaban J connectivity index is 1.76. The van der Waals surface area contributed by atoms with Crippen molar-refractivity contribution >= 4 is 34.9 Å². The number of benzene rings is 1. The highest BCUT2D eigenvalue weighted by molar-refractivity contribution is 7.10. The molecule has 2 atom stereocenters. The lowest BCUT2D eigenvalue weighted by Gasteiger charge is -2.37. The molecule has 0 saturated carbocycles. The summed E-state index contributed by atoms with van der Waals surface area (Å²) in [4.78, 5) is 31.2. The van der Waals surface area contributed by atoms with E-state index in [9.17, 15) is 9.59 Å². The van der Waals surface area contributed by atoms with E-state index in [1.807, 2.05) is 36.9 Å². The fourth-order valence-electron chi connectivity index (χ4n) is 4.08. The standard InChI is InChI=1S/C26H36ClN3O3S/c1-5-11-28-26(32)29(15-18(3)6-2)16-25(31)30-12-9-24-21(10-13-34-24)23(30)17-33-20-7-8-22(27)19(4)14-20/h7-8,10,13-14,18,23H,5-6,9,11-12,15-17H2,1-4H3,(H,28,32)/t18-,23-/m1/s1. The van der Waals surface area contributed by atoms with Crippen molar-refractivity contribution in [2.24, 2.45) is 5.92 Å². The normalized spacial score (nSPS) is 16.0. The van der Waals surface area contributed by atoms with E-state index in [1.54, 1.807) is 16.2 Å². The predicted octanol–water partition coefficient (Wildman–Crippen LogP) is 5.68. The van der Waals surface area contributed by atoms with Crippen molar-refractivity contribution < 1.29 is 14.3 Å².